The number of halogens is 1. The average Bonchev–Trinajstić information content (AvgIpc) is 3.13. The molecule has 1 aromatic heterocycles. The van der Waals surface area contributed by atoms with Gasteiger partial charge in [-0.05, 0) is 25.0 Å². The Morgan fingerprint density at radius 2 is 2.14 bits per heavy atom. The van der Waals surface area contributed by atoms with E-state index in [-0.39, 0.29) is 35.8 Å². The van der Waals surface area contributed by atoms with Gasteiger partial charge in [-0.3, -0.25) is 4.99 Å². The predicted octanol–water partition coefficient (Wildman–Crippen LogP) is 3.43. The zero-order chi connectivity index (χ0) is 19.8. The second kappa shape index (κ2) is 12.1. The van der Waals surface area contributed by atoms with Gasteiger partial charge in [-0.2, -0.15) is 0 Å². The first-order chi connectivity index (χ1) is 13.0. The molecule has 0 amide bonds. The van der Waals surface area contributed by atoms with Crippen molar-refractivity contribution in [2.45, 2.75) is 26.0 Å². The minimum Gasteiger partial charge on any atom is -0.508 e. The van der Waals surface area contributed by atoms with E-state index < -0.39 is 0 Å². The highest BCUT2D eigenvalue weighted by Gasteiger charge is 2.13. The van der Waals surface area contributed by atoms with Gasteiger partial charge in [0.1, 0.15) is 22.6 Å². The van der Waals surface area contributed by atoms with Crippen LogP contribution in [-0.4, -0.2) is 55.8 Å². The Morgan fingerprint density at radius 1 is 1.39 bits per heavy atom. The van der Waals surface area contributed by atoms with Crippen molar-refractivity contribution in [1.82, 2.24) is 15.2 Å². The molecule has 0 spiro atoms. The number of methoxy groups -OCH3 is 2. The number of nitrogens with zero attached hydrogens (tertiary/aromatic N) is 3. The number of aromatic hydroxyl groups is 1. The number of phenolic OH excluding ortho intramolecular Hbond substituents is 1. The molecule has 0 aliphatic carbocycles. The monoisotopic (exact) mass is 520 g/mol. The lowest BCUT2D eigenvalue weighted by molar-refractivity contribution is 0.119. The second-order valence-corrected chi connectivity index (χ2v) is 7.02. The van der Waals surface area contributed by atoms with E-state index in [0.29, 0.717) is 25.3 Å². The fraction of sp³-hybridized carbons (Fsp3) is 0.474. The number of thiazole rings is 1. The fourth-order valence-corrected chi connectivity index (χ4v) is 3.42. The van der Waals surface area contributed by atoms with E-state index in [1.165, 1.54) is 0 Å². The van der Waals surface area contributed by atoms with Gasteiger partial charge in [0.15, 0.2) is 5.96 Å². The molecule has 2 N–H and O–H groups in total. The first kappa shape index (κ1) is 24.4. The number of hydrogen-bond donors (Lipinski definition) is 2. The standard InChI is InChI=1S/C19H28N4O3S.HI/c1-13(25-4)18-22-15(12-27-18)11-23(3)19(20-2)21-9-8-14-6-7-16(26-5)10-17(14)24;/h6-7,10,12-13,24H,8-9,11H2,1-5H3,(H,20,21);1H. The normalized spacial score (nSPS) is 12.2. The predicted molar refractivity (Wildman–Crippen MR) is 124 cm³/mol. The van der Waals surface area contributed by atoms with Crippen LogP contribution in [0.25, 0.3) is 0 Å². The summed E-state index contributed by atoms with van der Waals surface area (Å²) in [7, 11) is 6.99. The van der Waals surface area contributed by atoms with Gasteiger partial charge in [0, 0.05) is 39.2 Å². The first-order valence-corrected chi connectivity index (χ1v) is 9.61. The summed E-state index contributed by atoms with van der Waals surface area (Å²) in [5.74, 6) is 1.66. The summed E-state index contributed by atoms with van der Waals surface area (Å²) in [6.45, 7) is 3.29. The molecular weight excluding hydrogens is 491 g/mol. The maximum absolute atomic E-state index is 10.1. The summed E-state index contributed by atoms with van der Waals surface area (Å²) in [6.07, 6.45) is 0.679. The summed E-state index contributed by atoms with van der Waals surface area (Å²) in [6, 6.07) is 5.34. The number of guanidine groups is 1. The van der Waals surface area contributed by atoms with Gasteiger partial charge in [-0.1, -0.05) is 6.07 Å². The minimum atomic E-state index is 0. The van der Waals surface area contributed by atoms with E-state index in [2.05, 4.69) is 15.3 Å². The van der Waals surface area contributed by atoms with Crippen LogP contribution in [0.15, 0.2) is 28.6 Å². The van der Waals surface area contributed by atoms with Crippen LogP contribution in [0.1, 0.15) is 29.3 Å². The van der Waals surface area contributed by atoms with Crippen molar-refractivity contribution in [3.63, 3.8) is 0 Å². The molecule has 0 aliphatic heterocycles. The van der Waals surface area contributed by atoms with Crippen LogP contribution in [0.5, 0.6) is 11.5 Å². The van der Waals surface area contributed by atoms with Gasteiger partial charge in [0.05, 0.1) is 19.3 Å². The molecule has 1 unspecified atom stereocenters. The van der Waals surface area contributed by atoms with Crippen molar-refractivity contribution >= 4 is 41.3 Å². The average molecular weight is 520 g/mol. The molecule has 1 heterocycles. The molecule has 0 bridgehead atoms. The topological polar surface area (TPSA) is 79.2 Å². The molecule has 0 aliphatic rings. The summed E-state index contributed by atoms with van der Waals surface area (Å²) in [5, 5.41) is 16.4. The van der Waals surface area contributed by atoms with Gasteiger partial charge in [0.25, 0.3) is 0 Å². The highest BCUT2D eigenvalue weighted by atomic mass is 127. The molecular formula is C19H29IN4O3S. The quantitative estimate of drug-likeness (QED) is 0.316. The van der Waals surface area contributed by atoms with Crippen molar-refractivity contribution in [2.75, 3.05) is 34.9 Å². The summed E-state index contributed by atoms with van der Waals surface area (Å²) < 4.78 is 10.4. The smallest absolute Gasteiger partial charge is 0.193 e. The number of aliphatic imine (C=N–C) groups is 1. The Labute approximate surface area is 187 Å². The Kier molecular flexibility index (Phi) is 10.5. The molecule has 2 aromatic rings. The maximum atomic E-state index is 10.1. The van der Waals surface area contributed by atoms with Crippen LogP contribution in [-0.2, 0) is 17.7 Å². The Hall–Kier alpha value is -1.59. The molecule has 0 saturated carbocycles. The maximum Gasteiger partial charge on any atom is 0.193 e. The lowest BCUT2D eigenvalue weighted by Crippen LogP contribution is -2.39. The van der Waals surface area contributed by atoms with Crippen molar-refractivity contribution < 1.29 is 14.6 Å². The van der Waals surface area contributed by atoms with Crippen LogP contribution in [0, 0.1) is 0 Å². The lowest BCUT2D eigenvalue weighted by atomic mass is 10.1. The van der Waals surface area contributed by atoms with Crippen molar-refractivity contribution in [3.05, 3.63) is 39.8 Å². The lowest BCUT2D eigenvalue weighted by Gasteiger charge is -2.21. The molecule has 0 fully saturated rings. The summed E-state index contributed by atoms with van der Waals surface area (Å²) >= 11 is 1.60. The van der Waals surface area contributed by atoms with Gasteiger partial charge in [-0.15, -0.1) is 35.3 Å². The highest BCUT2D eigenvalue weighted by Crippen LogP contribution is 2.23. The zero-order valence-electron chi connectivity index (χ0n) is 16.9. The van der Waals surface area contributed by atoms with Gasteiger partial charge < -0.3 is 24.8 Å². The van der Waals surface area contributed by atoms with Gasteiger partial charge in [-0.25, -0.2) is 4.98 Å². The number of benzene rings is 1. The largest absolute Gasteiger partial charge is 0.508 e. The number of nitrogens with one attached hydrogen (secondary N) is 1. The summed E-state index contributed by atoms with van der Waals surface area (Å²) in [4.78, 5) is 11.0. The molecule has 156 valence electrons. The molecule has 28 heavy (non-hydrogen) atoms. The van der Waals surface area contributed by atoms with Crippen LogP contribution >= 0.6 is 35.3 Å². The van der Waals surface area contributed by atoms with Crippen molar-refractivity contribution in [1.29, 1.82) is 0 Å². The van der Waals surface area contributed by atoms with E-state index in [1.807, 2.05) is 36.4 Å². The Morgan fingerprint density at radius 3 is 2.75 bits per heavy atom. The fourth-order valence-electron chi connectivity index (χ4n) is 2.58. The molecule has 0 radical (unpaired) electrons. The van der Waals surface area contributed by atoms with Crippen LogP contribution in [0.2, 0.25) is 0 Å². The van der Waals surface area contributed by atoms with Crippen LogP contribution < -0.4 is 10.1 Å². The summed E-state index contributed by atoms with van der Waals surface area (Å²) in [5.41, 5.74) is 1.84. The minimum absolute atomic E-state index is 0. The molecule has 7 nitrogen and oxygen atoms in total. The van der Waals surface area contributed by atoms with E-state index in [1.54, 1.807) is 38.7 Å². The third kappa shape index (κ3) is 6.78. The molecule has 1 atom stereocenters. The SMILES string of the molecule is CN=C(NCCc1ccc(OC)cc1O)N(C)Cc1csc(C(C)OC)n1.I. The third-order valence-corrected chi connectivity index (χ3v) is 5.27. The number of ether oxygens (including phenoxy) is 2. The van der Waals surface area contributed by atoms with Crippen molar-refractivity contribution in [3.8, 4) is 11.5 Å². The number of hydrogen-bond acceptors (Lipinski definition) is 6. The van der Waals surface area contributed by atoms with Crippen LogP contribution in [0.4, 0.5) is 0 Å². The highest BCUT2D eigenvalue weighted by molar-refractivity contribution is 14.0. The van der Waals surface area contributed by atoms with Gasteiger partial charge >= 0.3 is 0 Å². The molecule has 0 saturated heterocycles. The first-order valence-electron chi connectivity index (χ1n) is 8.73. The van der Waals surface area contributed by atoms with E-state index in [4.69, 9.17) is 9.47 Å². The number of rotatable bonds is 8. The van der Waals surface area contributed by atoms with E-state index in [9.17, 15) is 5.11 Å². The molecule has 1 aromatic carbocycles. The number of aromatic nitrogens is 1. The molecule has 9 heteroatoms. The van der Waals surface area contributed by atoms with E-state index >= 15 is 0 Å². The van der Waals surface area contributed by atoms with Gasteiger partial charge in [0.2, 0.25) is 0 Å². The second-order valence-electron chi connectivity index (χ2n) is 6.13. The Bertz CT molecular complexity index is 769. The molecule has 2 rings (SSSR count). The van der Waals surface area contributed by atoms with Crippen molar-refractivity contribution in [2.24, 2.45) is 4.99 Å². The Balaban J connectivity index is 0.00000392. The zero-order valence-corrected chi connectivity index (χ0v) is 20.1. The number of phenols is 1. The van der Waals surface area contributed by atoms with Crippen LogP contribution in [0.3, 0.4) is 0 Å². The van der Waals surface area contributed by atoms with E-state index in [0.717, 1.165) is 22.2 Å². The third-order valence-electron chi connectivity index (χ3n) is 4.21.